The summed E-state index contributed by atoms with van der Waals surface area (Å²) < 4.78 is 30.1. The van der Waals surface area contributed by atoms with Crippen molar-refractivity contribution in [1.82, 2.24) is 9.36 Å². The van der Waals surface area contributed by atoms with E-state index in [0.29, 0.717) is 17.8 Å². The Balaban J connectivity index is 0.000000232. The van der Waals surface area contributed by atoms with E-state index >= 15 is 0 Å². The number of hydrogen-bond donors (Lipinski definition) is 2. The maximum absolute atomic E-state index is 12.9. The van der Waals surface area contributed by atoms with Gasteiger partial charge in [-0.1, -0.05) is 52.0 Å². The molecule has 0 unspecified atom stereocenters. The average Bonchev–Trinajstić information content (AvgIpc) is 3.13. The molecule has 3 rings (SSSR count). The SMILES string of the molecule is CC(C)(CN)c1ccc(F)cc1.CC(C)(CNc1nc(Br)ns1)c1ccc(F)cc1. The third-order valence-corrected chi connectivity index (χ3v) is 6.11. The molecule has 0 aliphatic rings. The second-order valence-electron chi connectivity index (χ2n) is 8.21. The fourth-order valence-corrected chi connectivity index (χ4v) is 3.57. The molecule has 0 bridgehead atoms. The lowest BCUT2D eigenvalue weighted by Crippen LogP contribution is -2.27. The summed E-state index contributed by atoms with van der Waals surface area (Å²) in [6.45, 7) is 9.56. The topological polar surface area (TPSA) is 63.8 Å². The fraction of sp³-hybridized carbons (Fsp3) is 0.364. The molecule has 30 heavy (non-hydrogen) atoms. The van der Waals surface area contributed by atoms with E-state index < -0.39 is 0 Å². The van der Waals surface area contributed by atoms with E-state index in [9.17, 15) is 8.78 Å². The van der Waals surface area contributed by atoms with Crippen LogP contribution in [0.1, 0.15) is 38.8 Å². The molecule has 0 radical (unpaired) electrons. The predicted octanol–water partition coefficient (Wildman–Crippen LogP) is 5.89. The van der Waals surface area contributed by atoms with Crippen LogP contribution in [0.5, 0.6) is 0 Å². The number of rotatable bonds is 6. The van der Waals surface area contributed by atoms with Crippen molar-refractivity contribution in [1.29, 1.82) is 0 Å². The zero-order chi connectivity index (χ0) is 22.4. The monoisotopic (exact) mass is 496 g/mol. The van der Waals surface area contributed by atoms with Gasteiger partial charge in [-0.05, 0) is 51.3 Å². The van der Waals surface area contributed by atoms with E-state index in [1.165, 1.54) is 35.8 Å². The quantitative estimate of drug-likeness (QED) is 0.446. The lowest BCUT2D eigenvalue weighted by atomic mass is 9.85. The van der Waals surface area contributed by atoms with Gasteiger partial charge in [-0.3, -0.25) is 0 Å². The second-order valence-corrected chi connectivity index (χ2v) is 9.67. The summed E-state index contributed by atoms with van der Waals surface area (Å²) in [5, 5.41) is 4.02. The van der Waals surface area contributed by atoms with Crippen LogP contribution in [-0.2, 0) is 10.8 Å². The Hall–Kier alpha value is -1.90. The molecule has 4 nitrogen and oxygen atoms in total. The van der Waals surface area contributed by atoms with E-state index in [4.69, 9.17) is 5.73 Å². The molecule has 0 saturated heterocycles. The molecule has 2 aromatic carbocycles. The first-order valence-electron chi connectivity index (χ1n) is 9.49. The first-order chi connectivity index (χ1) is 14.0. The van der Waals surface area contributed by atoms with E-state index in [1.54, 1.807) is 12.1 Å². The molecule has 0 fully saturated rings. The molecule has 1 heterocycles. The number of halogens is 3. The van der Waals surface area contributed by atoms with Crippen LogP contribution in [0, 0.1) is 11.6 Å². The molecule has 0 amide bonds. The smallest absolute Gasteiger partial charge is 0.210 e. The Kier molecular flexibility index (Phi) is 8.46. The summed E-state index contributed by atoms with van der Waals surface area (Å²) in [6.07, 6.45) is 0. The van der Waals surface area contributed by atoms with Gasteiger partial charge in [-0.15, -0.1) is 0 Å². The van der Waals surface area contributed by atoms with Crippen LogP contribution >= 0.6 is 27.5 Å². The maximum Gasteiger partial charge on any atom is 0.210 e. The van der Waals surface area contributed by atoms with Gasteiger partial charge in [-0.25, -0.2) is 8.78 Å². The third-order valence-electron chi connectivity index (χ3n) is 4.84. The molecule has 0 spiro atoms. The lowest BCUT2D eigenvalue weighted by Gasteiger charge is -2.25. The van der Waals surface area contributed by atoms with Crippen LogP contribution in [-0.4, -0.2) is 22.4 Å². The summed E-state index contributed by atoms with van der Waals surface area (Å²) in [5.41, 5.74) is 7.57. The van der Waals surface area contributed by atoms with E-state index in [2.05, 4.69) is 44.5 Å². The van der Waals surface area contributed by atoms with Crippen molar-refractivity contribution < 1.29 is 8.78 Å². The van der Waals surface area contributed by atoms with Gasteiger partial charge >= 0.3 is 0 Å². The summed E-state index contributed by atoms with van der Waals surface area (Å²) in [6, 6.07) is 13.1. The zero-order valence-electron chi connectivity index (χ0n) is 17.5. The van der Waals surface area contributed by atoms with Crippen molar-refractivity contribution >= 4 is 32.6 Å². The van der Waals surface area contributed by atoms with Crippen molar-refractivity contribution in [2.24, 2.45) is 5.73 Å². The first-order valence-corrected chi connectivity index (χ1v) is 11.1. The van der Waals surface area contributed by atoms with Crippen LogP contribution in [0.15, 0.2) is 53.3 Å². The predicted molar refractivity (Wildman–Crippen MR) is 124 cm³/mol. The summed E-state index contributed by atoms with van der Waals surface area (Å²) in [5.74, 6) is -0.415. The minimum atomic E-state index is -0.212. The molecule has 3 aromatic rings. The second kappa shape index (κ2) is 10.4. The maximum atomic E-state index is 12.9. The Labute approximate surface area is 189 Å². The van der Waals surface area contributed by atoms with Gasteiger partial charge in [0, 0.05) is 35.5 Å². The highest BCUT2D eigenvalue weighted by Crippen LogP contribution is 2.25. The number of nitrogens with two attached hydrogens (primary N) is 1. The van der Waals surface area contributed by atoms with Crippen LogP contribution in [0.25, 0.3) is 0 Å². The van der Waals surface area contributed by atoms with Gasteiger partial charge in [0.2, 0.25) is 9.87 Å². The highest BCUT2D eigenvalue weighted by Gasteiger charge is 2.21. The van der Waals surface area contributed by atoms with Crippen LogP contribution < -0.4 is 11.1 Å². The summed E-state index contributed by atoms with van der Waals surface area (Å²) in [7, 11) is 0. The highest BCUT2D eigenvalue weighted by atomic mass is 79.9. The van der Waals surface area contributed by atoms with E-state index in [0.717, 1.165) is 16.3 Å². The minimum Gasteiger partial charge on any atom is -0.359 e. The average molecular weight is 497 g/mol. The summed E-state index contributed by atoms with van der Waals surface area (Å²) >= 11 is 4.52. The molecular weight excluding hydrogens is 470 g/mol. The van der Waals surface area contributed by atoms with E-state index in [1.807, 2.05) is 26.0 Å². The largest absolute Gasteiger partial charge is 0.359 e. The van der Waals surface area contributed by atoms with Crippen molar-refractivity contribution in [3.8, 4) is 0 Å². The molecule has 8 heteroatoms. The number of nitrogens with one attached hydrogen (secondary N) is 1. The van der Waals surface area contributed by atoms with Crippen molar-refractivity contribution in [3.63, 3.8) is 0 Å². The van der Waals surface area contributed by atoms with E-state index in [-0.39, 0.29) is 22.5 Å². The first kappa shape index (κ1) is 24.4. The number of aromatic nitrogens is 2. The Morgan fingerprint density at radius 3 is 1.77 bits per heavy atom. The van der Waals surface area contributed by atoms with Gasteiger partial charge in [0.05, 0.1) is 0 Å². The Morgan fingerprint density at radius 2 is 1.37 bits per heavy atom. The van der Waals surface area contributed by atoms with Crippen LogP contribution in [0.4, 0.5) is 13.9 Å². The number of nitrogens with zero attached hydrogens (tertiary/aromatic N) is 2. The molecule has 0 atom stereocenters. The third kappa shape index (κ3) is 7.11. The zero-order valence-corrected chi connectivity index (χ0v) is 19.9. The number of anilines is 1. The molecule has 0 aliphatic heterocycles. The molecule has 0 aliphatic carbocycles. The number of hydrogen-bond acceptors (Lipinski definition) is 5. The number of benzene rings is 2. The fourth-order valence-electron chi connectivity index (χ4n) is 2.60. The molecule has 162 valence electrons. The van der Waals surface area contributed by atoms with Crippen LogP contribution in [0.3, 0.4) is 0 Å². The van der Waals surface area contributed by atoms with Crippen molar-refractivity contribution in [2.75, 3.05) is 18.4 Å². The van der Waals surface area contributed by atoms with Crippen molar-refractivity contribution in [3.05, 3.63) is 76.0 Å². The standard InChI is InChI=1S/C12H13BrFN3S.C10H14FN/c1-12(2,8-3-5-9(14)6-4-8)7-15-11-16-10(13)17-18-11;1-10(2,7-12)8-3-5-9(11)6-4-8/h3-6H,7H2,1-2H3,(H,15,16,17);3-6H,7,12H2,1-2H3. The Morgan fingerprint density at radius 1 is 0.900 bits per heavy atom. The minimum absolute atomic E-state index is 0.0618. The van der Waals surface area contributed by atoms with Crippen molar-refractivity contribution in [2.45, 2.75) is 38.5 Å². The normalized spacial score (nSPS) is 11.6. The van der Waals surface area contributed by atoms with Gasteiger partial charge < -0.3 is 11.1 Å². The molecular formula is C22H27BrF2N4S. The lowest BCUT2D eigenvalue weighted by molar-refractivity contribution is 0.536. The molecule has 0 saturated carbocycles. The Bertz CT molecular complexity index is 925. The highest BCUT2D eigenvalue weighted by molar-refractivity contribution is 9.10. The molecule has 3 N–H and O–H groups in total. The van der Waals surface area contributed by atoms with Gasteiger partial charge in [0.25, 0.3) is 0 Å². The van der Waals surface area contributed by atoms with Gasteiger partial charge in [0.1, 0.15) is 11.6 Å². The molecule has 1 aromatic heterocycles. The van der Waals surface area contributed by atoms with Gasteiger partial charge in [0.15, 0.2) is 0 Å². The van der Waals surface area contributed by atoms with Crippen LogP contribution in [0.2, 0.25) is 0 Å². The summed E-state index contributed by atoms with van der Waals surface area (Å²) in [4.78, 5) is 4.17. The van der Waals surface area contributed by atoms with Gasteiger partial charge in [-0.2, -0.15) is 9.36 Å².